The molecule has 126 valence electrons. The van der Waals surface area contributed by atoms with E-state index in [9.17, 15) is 26.5 Å². The zero-order chi connectivity index (χ0) is 16.2. The van der Waals surface area contributed by atoms with Crippen molar-refractivity contribution in [3.63, 3.8) is 0 Å². The van der Waals surface area contributed by atoms with Gasteiger partial charge in [-0.2, -0.15) is 8.78 Å². The number of hydrogen-bond acceptors (Lipinski definition) is 5. The molecule has 0 aromatic carbocycles. The molecule has 0 spiro atoms. The third-order valence-electron chi connectivity index (χ3n) is 5.46. The van der Waals surface area contributed by atoms with Crippen molar-refractivity contribution in [2.75, 3.05) is 6.61 Å². The van der Waals surface area contributed by atoms with E-state index in [-0.39, 0.29) is 29.6 Å². The number of carbonyl (C=O) groups excluding carboxylic acids is 1. The molecule has 4 aliphatic carbocycles. The summed E-state index contributed by atoms with van der Waals surface area (Å²) in [5, 5.41) is -4.39. The molecule has 5 nitrogen and oxygen atoms in total. The van der Waals surface area contributed by atoms with Crippen LogP contribution in [0.3, 0.4) is 0 Å². The summed E-state index contributed by atoms with van der Waals surface area (Å²) < 4.78 is 62.3. The molecule has 23 heavy (non-hydrogen) atoms. The first-order valence-electron chi connectivity index (χ1n) is 7.62. The molecule has 0 radical (unpaired) electrons. The van der Waals surface area contributed by atoms with Crippen LogP contribution in [0, 0.1) is 23.2 Å². The molecule has 4 saturated carbocycles. The van der Waals surface area contributed by atoms with Crippen LogP contribution in [0.15, 0.2) is 0 Å². The summed E-state index contributed by atoms with van der Waals surface area (Å²) in [4.78, 5) is 12.3. The fourth-order valence-corrected chi connectivity index (χ4v) is 5.23. The van der Waals surface area contributed by atoms with Gasteiger partial charge in [-0.05, 0) is 56.3 Å². The van der Waals surface area contributed by atoms with Gasteiger partial charge in [-0.3, -0.25) is 4.79 Å². The van der Waals surface area contributed by atoms with Crippen LogP contribution in [0.5, 0.6) is 0 Å². The summed E-state index contributed by atoms with van der Waals surface area (Å²) in [7, 11) is -5.72. The van der Waals surface area contributed by atoms with E-state index < -0.39 is 39.8 Å². The predicted octanol–water partition coefficient (Wildman–Crippen LogP) is -0.722. The van der Waals surface area contributed by atoms with Crippen molar-refractivity contribution in [3.8, 4) is 0 Å². The average molecular weight is 360 g/mol. The maximum Gasteiger partial charge on any atom is 1.00 e. The van der Waals surface area contributed by atoms with Gasteiger partial charge in [0.15, 0.2) is 10.1 Å². The summed E-state index contributed by atoms with van der Waals surface area (Å²) >= 11 is 0. The van der Waals surface area contributed by atoms with Crippen molar-refractivity contribution in [1.82, 2.24) is 0 Å². The fraction of sp³-hybridized carbons (Fsp3) is 0.929. The van der Waals surface area contributed by atoms with Crippen LogP contribution >= 0.6 is 0 Å². The van der Waals surface area contributed by atoms with Crippen LogP contribution in [0.2, 0.25) is 0 Å². The van der Waals surface area contributed by atoms with E-state index in [2.05, 4.69) is 0 Å². The molecule has 0 atom stereocenters. The van der Waals surface area contributed by atoms with Gasteiger partial charge in [0.2, 0.25) is 0 Å². The topological polar surface area (TPSA) is 83.5 Å². The molecular weight excluding hydrogens is 341 g/mol. The molecule has 9 heteroatoms. The third-order valence-corrected chi connectivity index (χ3v) is 6.40. The minimum absolute atomic E-state index is 0. The Balaban J connectivity index is 0.00000192. The number of alkyl halides is 2. The van der Waals surface area contributed by atoms with E-state index in [1.807, 2.05) is 0 Å². The normalized spacial score (nSPS) is 35.7. The number of hydrogen-bond donors (Lipinski definition) is 0. The SMILES string of the molecule is O=C(OCCC(F)(F)S(=O)(=O)[O-])C12CC3CC(CC(C3)C1)C2.[Na+]. The quantitative estimate of drug-likeness (QED) is 0.367. The van der Waals surface area contributed by atoms with E-state index in [0.29, 0.717) is 17.8 Å². The summed E-state index contributed by atoms with van der Waals surface area (Å²) in [5.74, 6) is 1.05. The van der Waals surface area contributed by atoms with Crippen LogP contribution in [0.4, 0.5) is 8.78 Å². The number of esters is 1. The number of halogens is 2. The van der Waals surface area contributed by atoms with E-state index in [1.165, 1.54) is 0 Å². The Hall–Kier alpha value is 0.240. The Morgan fingerprint density at radius 2 is 1.57 bits per heavy atom. The zero-order valence-electron chi connectivity index (χ0n) is 13.1. The Morgan fingerprint density at radius 3 is 1.96 bits per heavy atom. The van der Waals surface area contributed by atoms with Gasteiger partial charge in [0.05, 0.1) is 18.4 Å². The van der Waals surface area contributed by atoms with Crippen molar-refractivity contribution in [2.45, 2.75) is 50.2 Å². The number of ether oxygens (including phenoxy) is 1. The molecule has 0 aromatic rings. The van der Waals surface area contributed by atoms with Gasteiger partial charge in [-0.1, -0.05) is 0 Å². The van der Waals surface area contributed by atoms with Crippen LogP contribution in [0.1, 0.15) is 44.9 Å². The van der Waals surface area contributed by atoms with Gasteiger partial charge in [-0.25, -0.2) is 8.42 Å². The second-order valence-electron chi connectivity index (χ2n) is 7.18. The van der Waals surface area contributed by atoms with Crippen molar-refractivity contribution >= 4 is 16.1 Å². The minimum atomic E-state index is -5.72. The van der Waals surface area contributed by atoms with Crippen molar-refractivity contribution in [2.24, 2.45) is 23.2 Å². The Bertz CT molecular complexity index is 542. The molecule has 0 amide bonds. The molecule has 0 aromatic heterocycles. The predicted molar refractivity (Wildman–Crippen MR) is 70.8 cm³/mol. The largest absolute Gasteiger partial charge is 1.00 e. The summed E-state index contributed by atoms with van der Waals surface area (Å²) in [6.07, 6.45) is 4.37. The summed E-state index contributed by atoms with van der Waals surface area (Å²) in [5.41, 5.74) is -0.569. The first-order valence-corrected chi connectivity index (χ1v) is 9.03. The van der Waals surface area contributed by atoms with Crippen molar-refractivity contribution < 1.29 is 60.8 Å². The van der Waals surface area contributed by atoms with Gasteiger partial charge in [0.25, 0.3) is 0 Å². The Kier molecular flexibility index (Phi) is 5.54. The molecule has 4 aliphatic rings. The van der Waals surface area contributed by atoms with Crippen molar-refractivity contribution in [1.29, 1.82) is 0 Å². The monoisotopic (exact) mass is 360 g/mol. The fourth-order valence-electron chi connectivity index (χ4n) is 4.90. The first-order chi connectivity index (χ1) is 10.1. The van der Waals surface area contributed by atoms with Gasteiger partial charge in [0.1, 0.15) is 0 Å². The maximum absolute atomic E-state index is 13.1. The second kappa shape index (κ2) is 6.52. The molecule has 0 N–H and O–H groups in total. The zero-order valence-corrected chi connectivity index (χ0v) is 15.9. The molecule has 4 fully saturated rings. The van der Waals surface area contributed by atoms with E-state index in [1.54, 1.807) is 0 Å². The Labute approximate surface area is 156 Å². The van der Waals surface area contributed by atoms with Crippen LogP contribution in [0.25, 0.3) is 0 Å². The van der Waals surface area contributed by atoms with Gasteiger partial charge in [0, 0.05) is 0 Å². The number of rotatable bonds is 5. The van der Waals surface area contributed by atoms with Crippen LogP contribution < -0.4 is 29.6 Å². The van der Waals surface area contributed by atoms with Crippen LogP contribution in [-0.2, 0) is 19.6 Å². The minimum Gasteiger partial charge on any atom is -0.743 e. The van der Waals surface area contributed by atoms with E-state index in [0.717, 1.165) is 38.5 Å². The summed E-state index contributed by atoms with van der Waals surface area (Å²) in [6.45, 7) is -0.741. The van der Waals surface area contributed by atoms with Gasteiger partial charge >= 0.3 is 40.8 Å². The smallest absolute Gasteiger partial charge is 0.743 e. The molecule has 0 unspecified atom stereocenters. The second-order valence-corrected chi connectivity index (χ2v) is 8.68. The number of carbonyl (C=O) groups is 1. The van der Waals surface area contributed by atoms with E-state index >= 15 is 0 Å². The standard InChI is InChI=1S/C14H20F2O5S.Na/c15-14(16,22(18,19)20)1-2-21-12(17)13-6-9-3-10(7-13)5-11(4-9)8-13;/h9-11H,1-8H2,(H,18,19,20);/q;+1/p-1. The molecule has 0 heterocycles. The average Bonchev–Trinajstić information content (AvgIpc) is 2.35. The molecule has 0 saturated heterocycles. The van der Waals surface area contributed by atoms with Crippen molar-refractivity contribution in [3.05, 3.63) is 0 Å². The molecule has 4 bridgehead atoms. The molecule has 4 rings (SSSR count). The van der Waals surface area contributed by atoms with Gasteiger partial charge in [-0.15, -0.1) is 0 Å². The van der Waals surface area contributed by atoms with Crippen LogP contribution in [-0.4, -0.2) is 30.8 Å². The first kappa shape index (κ1) is 19.6. The summed E-state index contributed by atoms with van der Waals surface area (Å²) in [6, 6.07) is 0. The molecular formula is C14H19F2NaO5S. The van der Waals surface area contributed by atoms with Gasteiger partial charge < -0.3 is 9.29 Å². The Morgan fingerprint density at radius 1 is 1.13 bits per heavy atom. The molecule has 0 aliphatic heterocycles. The maximum atomic E-state index is 13.1. The third kappa shape index (κ3) is 3.76. The van der Waals surface area contributed by atoms with E-state index in [4.69, 9.17) is 4.74 Å².